The van der Waals surface area contributed by atoms with Gasteiger partial charge in [-0.05, 0) is 0 Å². The van der Waals surface area contributed by atoms with Crippen LogP contribution in [0, 0.1) is 10.8 Å². The molecular formula is C14H26N2O3. The first-order chi connectivity index (χ1) is 8.44. The first-order valence-electron chi connectivity index (χ1n) is 6.53. The molecule has 0 saturated heterocycles. The highest BCUT2D eigenvalue weighted by atomic mass is 16.2. The molecule has 0 aliphatic carbocycles. The molecule has 0 aromatic heterocycles. The summed E-state index contributed by atoms with van der Waals surface area (Å²) in [5.74, 6) is 0.0620. The molecule has 2 N–H and O–H groups in total. The minimum atomic E-state index is -0.463. The van der Waals surface area contributed by atoms with Crippen LogP contribution < -0.4 is 10.6 Å². The van der Waals surface area contributed by atoms with Crippen molar-refractivity contribution < 1.29 is 14.4 Å². The van der Waals surface area contributed by atoms with Crippen molar-refractivity contribution >= 4 is 17.6 Å². The fourth-order valence-electron chi connectivity index (χ4n) is 1.15. The molecule has 0 atom stereocenters. The first-order valence-corrected chi connectivity index (χ1v) is 6.53. The Kier molecular flexibility index (Phi) is 6.19. The van der Waals surface area contributed by atoms with Gasteiger partial charge in [-0.1, -0.05) is 41.5 Å². The molecule has 2 amide bonds. The van der Waals surface area contributed by atoms with Gasteiger partial charge in [0.2, 0.25) is 0 Å². The van der Waals surface area contributed by atoms with Gasteiger partial charge in [0.25, 0.3) is 0 Å². The van der Waals surface area contributed by atoms with Crippen LogP contribution in [-0.2, 0) is 9.59 Å². The molecule has 0 rings (SSSR count). The molecule has 110 valence electrons. The van der Waals surface area contributed by atoms with Gasteiger partial charge in [0.05, 0.1) is 6.54 Å². The maximum Gasteiger partial charge on any atom is 0.315 e. The molecule has 0 bridgehead atoms. The van der Waals surface area contributed by atoms with Gasteiger partial charge in [-0.15, -0.1) is 0 Å². The number of amides is 2. The van der Waals surface area contributed by atoms with E-state index in [0.29, 0.717) is 6.42 Å². The number of Topliss-reactive ketones (excluding diaryl/α,β-unsaturated/α-hetero) is 2. The summed E-state index contributed by atoms with van der Waals surface area (Å²) in [7, 11) is 0. The van der Waals surface area contributed by atoms with Crippen LogP contribution >= 0.6 is 0 Å². The lowest BCUT2D eigenvalue weighted by molar-refractivity contribution is -0.126. The van der Waals surface area contributed by atoms with Crippen molar-refractivity contribution in [2.75, 3.05) is 13.1 Å². The Morgan fingerprint density at radius 3 is 1.68 bits per heavy atom. The molecule has 0 aliphatic heterocycles. The van der Waals surface area contributed by atoms with Gasteiger partial charge >= 0.3 is 6.03 Å². The molecule has 0 radical (unpaired) electrons. The van der Waals surface area contributed by atoms with Gasteiger partial charge in [-0.2, -0.15) is 0 Å². The van der Waals surface area contributed by atoms with Crippen LogP contribution in [0.3, 0.4) is 0 Å². The molecule has 0 unspecified atom stereocenters. The summed E-state index contributed by atoms with van der Waals surface area (Å²) >= 11 is 0. The molecule has 0 spiro atoms. The Balaban J connectivity index is 3.90. The third kappa shape index (κ3) is 7.59. The summed E-state index contributed by atoms with van der Waals surface area (Å²) in [6.07, 6.45) is 0.296. The minimum Gasteiger partial charge on any atom is -0.338 e. The number of carbonyl (C=O) groups is 3. The second kappa shape index (κ2) is 6.68. The number of carbonyl (C=O) groups excluding carboxylic acids is 3. The lowest BCUT2D eigenvalue weighted by Gasteiger charge is -2.18. The van der Waals surface area contributed by atoms with Crippen LogP contribution in [0.1, 0.15) is 48.0 Å². The predicted molar refractivity (Wildman–Crippen MR) is 74.9 cm³/mol. The van der Waals surface area contributed by atoms with E-state index in [-0.39, 0.29) is 30.1 Å². The maximum atomic E-state index is 11.6. The van der Waals surface area contributed by atoms with Gasteiger partial charge in [-0.25, -0.2) is 4.79 Å². The average molecular weight is 270 g/mol. The number of hydrogen-bond acceptors (Lipinski definition) is 3. The normalized spacial score (nSPS) is 11.9. The predicted octanol–water partition coefficient (Wildman–Crippen LogP) is 1.91. The Morgan fingerprint density at radius 2 is 1.26 bits per heavy atom. The second-order valence-corrected chi connectivity index (χ2v) is 6.71. The molecule has 0 saturated carbocycles. The summed E-state index contributed by atoms with van der Waals surface area (Å²) in [6.45, 7) is 11.2. The quantitative estimate of drug-likeness (QED) is 0.801. The number of hydrogen-bond donors (Lipinski definition) is 2. The van der Waals surface area contributed by atoms with Crippen molar-refractivity contribution in [3.8, 4) is 0 Å². The van der Waals surface area contributed by atoms with Crippen LogP contribution in [0.15, 0.2) is 0 Å². The van der Waals surface area contributed by atoms with Crippen molar-refractivity contribution in [2.45, 2.75) is 48.0 Å². The fourth-order valence-corrected chi connectivity index (χ4v) is 1.15. The van der Waals surface area contributed by atoms with Gasteiger partial charge in [0, 0.05) is 23.8 Å². The summed E-state index contributed by atoms with van der Waals surface area (Å²) in [5, 5.41) is 5.06. The zero-order valence-corrected chi connectivity index (χ0v) is 12.8. The van der Waals surface area contributed by atoms with Crippen LogP contribution in [0.2, 0.25) is 0 Å². The van der Waals surface area contributed by atoms with Gasteiger partial charge in [0.1, 0.15) is 5.78 Å². The van der Waals surface area contributed by atoms with Crippen LogP contribution in [0.4, 0.5) is 4.79 Å². The zero-order chi connectivity index (χ0) is 15.3. The third-order valence-electron chi connectivity index (χ3n) is 2.72. The smallest absolute Gasteiger partial charge is 0.315 e. The monoisotopic (exact) mass is 270 g/mol. The number of ketones is 2. The van der Waals surface area contributed by atoms with E-state index in [1.807, 2.05) is 20.8 Å². The van der Waals surface area contributed by atoms with Crippen LogP contribution in [-0.4, -0.2) is 30.7 Å². The van der Waals surface area contributed by atoms with E-state index < -0.39 is 11.4 Å². The third-order valence-corrected chi connectivity index (χ3v) is 2.72. The summed E-state index contributed by atoms with van der Waals surface area (Å²) in [4.78, 5) is 34.6. The standard InChI is InChI=1S/C14H26N2O3/c1-13(2,3)10(17)7-8-15-12(19)16-9-11(18)14(4,5)6/h7-9H2,1-6H3,(H2,15,16,19). The minimum absolute atomic E-state index is 0.00253. The van der Waals surface area contributed by atoms with Crippen molar-refractivity contribution in [3.05, 3.63) is 0 Å². The Bertz CT molecular complexity index is 349. The van der Waals surface area contributed by atoms with E-state index in [1.54, 1.807) is 20.8 Å². The van der Waals surface area contributed by atoms with E-state index >= 15 is 0 Å². The zero-order valence-electron chi connectivity index (χ0n) is 12.8. The highest BCUT2D eigenvalue weighted by molar-refractivity contribution is 5.89. The van der Waals surface area contributed by atoms with E-state index in [9.17, 15) is 14.4 Å². The lowest BCUT2D eigenvalue weighted by Crippen LogP contribution is -2.42. The van der Waals surface area contributed by atoms with E-state index in [4.69, 9.17) is 0 Å². The first kappa shape index (κ1) is 17.6. The Morgan fingerprint density at radius 1 is 0.789 bits per heavy atom. The van der Waals surface area contributed by atoms with Crippen LogP contribution in [0.25, 0.3) is 0 Å². The molecule has 0 aromatic rings. The van der Waals surface area contributed by atoms with Gasteiger partial charge < -0.3 is 10.6 Å². The number of urea groups is 1. The molecular weight excluding hydrogens is 244 g/mol. The lowest BCUT2D eigenvalue weighted by atomic mass is 9.89. The second-order valence-electron chi connectivity index (χ2n) is 6.71. The number of rotatable bonds is 5. The molecule has 19 heavy (non-hydrogen) atoms. The molecule has 5 nitrogen and oxygen atoms in total. The van der Waals surface area contributed by atoms with Crippen LogP contribution in [0.5, 0.6) is 0 Å². The van der Waals surface area contributed by atoms with Crippen molar-refractivity contribution in [2.24, 2.45) is 10.8 Å². The van der Waals surface area contributed by atoms with Gasteiger partial charge in [0.15, 0.2) is 5.78 Å². The topological polar surface area (TPSA) is 75.3 Å². The average Bonchev–Trinajstić information content (AvgIpc) is 2.22. The molecule has 0 heterocycles. The largest absolute Gasteiger partial charge is 0.338 e. The Hall–Kier alpha value is -1.39. The van der Waals surface area contributed by atoms with Crippen molar-refractivity contribution in [1.29, 1.82) is 0 Å². The maximum absolute atomic E-state index is 11.6. The molecule has 5 heteroatoms. The summed E-state index contributed by atoms with van der Waals surface area (Å²) in [6, 6.07) is -0.417. The fraction of sp³-hybridized carbons (Fsp3) is 0.786. The number of nitrogens with one attached hydrogen (secondary N) is 2. The summed E-state index contributed by atoms with van der Waals surface area (Å²) < 4.78 is 0. The van der Waals surface area contributed by atoms with Gasteiger partial charge in [-0.3, -0.25) is 9.59 Å². The molecule has 0 fully saturated rings. The highest BCUT2D eigenvalue weighted by Crippen LogP contribution is 2.16. The van der Waals surface area contributed by atoms with E-state index in [0.717, 1.165) is 0 Å². The highest BCUT2D eigenvalue weighted by Gasteiger charge is 2.22. The van der Waals surface area contributed by atoms with Crippen molar-refractivity contribution in [1.82, 2.24) is 10.6 Å². The van der Waals surface area contributed by atoms with Crippen molar-refractivity contribution in [3.63, 3.8) is 0 Å². The molecule has 0 aliphatic rings. The Labute approximate surface area is 115 Å². The van der Waals surface area contributed by atoms with E-state index in [2.05, 4.69) is 10.6 Å². The van der Waals surface area contributed by atoms with E-state index in [1.165, 1.54) is 0 Å². The molecule has 0 aromatic carbocycles. The SMILES string of the molecule is CC(C)(C)C(=O)CCNC(=O)NCC(=O)C(C)(C)C. The summed E-state index contributed by atoms with van der Waals surface area (Å²) in [5.41, 5.74) is -0.851.